The zero-order valence-corrected chi connectivity index (χ0v) is 13.9. The third kappa shape index (κ3) is 2.45. The molecule has 2 aliphatic heterocycles. The van der Waals surface area contributed by atoms with Gasteiger partial charge in [0.2, 0.25) is 0 Å². The lowest BCUT2D eigenvalue weighted by Crippen LogP contribution is -2.37. The molecule has 2 heterocycles. The molecule has 0 unspecified atom stereocenters. The third-order valence-electron chi connectivity index (χ3n) is 4.08. The summed E-state index contributed by atoms with van der Waals surface area (Å²) in [5.74, 6) is 1.59. The predicted molar refractivity (Wildman–Crippen MR) is 98.2 cm³/mol. The van der Waals surface area contributed by atoms with Gasteiger partial charge >= 0.3 is 0 Å². The van der Waals surface area contributed by atoms with Gasteiger partial charge in [0.15, 0.2) is 0 Å². The van der Waals surface area contributed by atoms with Crippen LogP contribution in [0.5, 0.6) is 5.75 Å². The van der Waals surface area contributed by atoms with Gasteiger partial charge in [-0.1, -0.05) is 41.9 Å². The van der Waals surface area contributed by atoms with E-state index in [1.165, 1.54) is 0 Å². The maximum atomic E-state index is 6.31. The Bertz CT molecular complexity index is 858. The van der Waals surface area contributed by atoms with Crippen molar-refractivity contribution in [3.63, 3.8) is 0 Å². The van der Waals surface area contributed by atoms with E-state index in [1.54, 1.807) is 7.11 Å². The van der Waals surface area contributed by atoms with Crippen molar-refractivity contribution in [2.45, 2.75) is 0 Å². The SMILES string of the molecule is COc1ccc(N2CC=C3N=CC=C(c4ccccc4)N32)cc1Cl. The quantitative estimate of drug-likeness (QED) is 0.833. The minimum atomic E-state index is 0.592. The second-order valence-electron chi connectivity index (χ2n) is 5.47. The number of benzene rings is 2. The smallest absolute Gasteiger partial charge is 0.149 e. The molecule has 0 radical (unpaired) electrons. The number of nitrogens with zero attached hydrogens (tertiary/aromatic N) is 3. The molecule has 120 valence electrons. The molecule has 4 rings (SSSR count). The van der Waals surface area contributed by atoms with Crippen LogP contribution in [0.2, 0.25) is 5.02 Å². The van der Waals surface area contributed by atoms with Gasteiger partial charge in [-0.15, -0.1) is 0 Å². The van der Waals surface area contributed by atoms with E-state index in [0.717, 1.165) is 29.3 Å². The maximum Gasteiger partial charge on any atom is 0.149 e. The van der Waals surface area contributed by atoms with Crippen molar-refractivity contribution in [3.05, 3.63) is 77.1 Å². The monoisotopic (exact) mass is 337 g/mol. The van der Waals surface area contributed by atoms with E-state index in [-0.39, 0.29) is 0 Å². The molecule has 2 aliphatic rings. The first-order chi connectivity index (χ1) is 11.8. The Labute approximate surface area is 145 Å². The molecule has 4 nitrogen and oxygen atoms in total. The summed E-state index contributed by atoms with van der Waals surface area (Å²) in [6, 6.07) is 16.1. The molecule has 2 aromatic carbocycles. The molecule has 0 bridgehead atoms. The fourth-order valence-corrected chi connectivity index (χ4v) is 3.19. The second-order valence-corrected chi connectivity index (χ2v) is 5.88. The zero-order valence-electron chi connectivity index (χ0n) is 13.2. The van der Waals surface area contributed by atoms with Crippen LogP contribution in [0, 0.1) is 0 Å². The predicted octanol–water partition coefficient (Wildman–Crippen LogP) is 4.35. The summed E-state index contributed by atoms with van der Waals surface area (Å²) in [6.45, 7) is 0.736. The van der Waals surface area contributed by atoms with Gasteiger partial charge in [-0.3, -0.25) is 5.01 Å². The number of fused-ring (bicyclic) bond motifs is 1. The number of halogens is 1. The van der Waals surface area contributed by atoms with Gasteiger partial charge in [0.05, 0.1) is 30.1 Å². The first kappa shape index (κ1) is 14.8. The molecular weight excluding hydrogens is 322 g/mol. The van der Waals surface area contributed by atoms with Crippen LogP contribution < -0.4 is 9.75 Å². The number of hydrogen-bond donors (Lipinski definition) is 0. The highest BCUT2D eigenvalue weighted by molar-refractivity contribution is 6.32. The Morgan fingerprint density at radius 2 is 1.96 bits per heavy atom. The highest BCUT2D eigenvalue weighted by atomic mass is 35.5. The van der Waals surface area contributed by atoms with Crippen molar-refractivity contribution < 1.29 is 4.74 Å². The van der Waals surface area contributed by atoms with Crippen LogP contribution in [0.4, 0.5) is 5.69 Å². The van der Waals surface area contributed by atoms with Crippen LogP contribution in [0.25, 0.3) is 5.70 Å². The largest absolute Gasteiger partial charge is 0.495 e. The molecule has 0 atom stereocenters. The standard InChI is InChI=1S/C19H16ClN3O/c1-24-18-8-7-15(13-16(18)20)22-12-10-19-21-11-9-17(23(19)22)14-5-3-2-4-6-14/h2-11,13H,12H2,1H3. The van der Waals surface area contributed by atoms with Crippen molar-refractivity contribution in [2.24, 2.45) is 4.99 Å². The molecule has 2 aromatic rings. The fourth-order valence-electron chi connectivity index (χ4n) is 2.94. The van der Waals surface area contributed by atoms with Gasteiger partial charge in [-0.25, -0.2) is 10.0 Å². The van der Waals surface area contributed by atoms with E-state index in [4.69, 9.17) is 16.3 Å². The number of allylic oxidation sites excluding steroid dienone is 1. The molecule has 0 N–H and O–H groups in total. The van der Waals surface area contributed by atoms with Crippen molar-refractivity contribution in [3.8, 4) is 5.75 Å². The zero-order chi connectivity index (χ0) is 16.5. The van der Waals surface area contributed by atoms with Crippen LogP contribution in [0.1, 0.15) is 5.56 Å². The Morgan fingerprint density at radius 3 is 2.71 bits per heavy atom. The van der Waals surface area contributed by atoms with Crippen molar-refractivity contribution in [2.75, 3.05) is 18.7 Å². The first-order valence-corrected chi connectivity index (χ1v) is 8.07. The molecule has 24 heavy (non-hydrogen) atoms. The van der Waals surface area contributed by atoms with Crippen molar-refractivity contribution in [1.29, 1.82) is 0 Å². The first-order valence-electron chi connectivity index (χ1n) is 7.69. The van der Waals surface area contributed by atoms with Crippen LogP contribution in [0.15, 0.2) is 71.5 Å². The van der Waals surface area contributed by atoms with Crippen LogP contribution in [-0.4, -0.2) is 24.9 Å². The molecule has 5 heteroatoms. The summed E-state index contributed by atoms with van der Waals surface area (Å²) in [4.78, 5) is 4.49. The number of hydrogen-bond acceptors (Lipinski definition) is 4. The Balaban J connectivity index is 1.73. The number of aliphatic imine (C=N–C) groups is 1. The molecule has 0 saturated heterocycles. The van der Waals surface area contributed by atoms with E-state index in [9.17, 15) is 0 Å². The van der Waals surface area contributed by atoms with Gasteiger partial charge < -0.3 is 4.74 Å². The van der Waals surface area contributed by atoms with Crippen LogP contribution >= 0.6 is 11.6 Å². The summed E-state index contributed by atoms with van der Waals surface area (Å²) >= 11 is 6.31. The topological polar surface area (TPSA) is 28.1 Å². The van der Waals surface area contributed by atoms with Gasteiger partial charge in [0.25, 0.3) is 0 Å². The van der Waals surface area contributed by atoms with Gasteiger partial charge in [-0.2, -0.15) is 0 Å². The highest BCUT2D eigenvalue weighted by Crippen LogP contribution is 2.37. The second kappa shape index (κ2) is 6.06. The Kier molecular flexibility index (Phi) is 3.75. The lowest BCUT2D eigenvalue weighted by atomic mass is 10.1. The summed E-state index contributed by atoms with van der Waals surface area (Å²) in [6.07, 6.45) is 5.97. The third-order valence-corrected chi connectivity index (χ3v) is 4.37. The minimum Gasteiger partial charge on any atom is -0.495 e. The fraction of sp³-hybridized carbons (Fsp3) is 0.105. The van der Waals surface area contributed by atoms with E-state index >= 15 is 0 Å². The maximum absolute atomic E-state index is 6.31. The summed E-state index contributed by atoms with van der Waals surface area (Å²) in [7, 11) is 1.62. The Morgan fingerprint density at radius 1 is 1.12 bits per heavy atom. The molecule has 0 spiro atoms. The summed E-state index contributed by atoms with van der Waals surface area (Å²) in [5.41, 5.74) is 3.22. The number of hydrazine groups is 1. The average Bonchev–Trinajstić information content (AvgIpc) is 3.06. The Hall–Kier alpha value is -2.72. The molecule has 0 aromatic heterocycles. The molecule has 0 aliphatic carbocycles. The molecule has 0 amide bonds. The highest BCUT2D eigenvalue weighted by Gasteiger charge is 2.29. The lowest BCUT2D eigenvalue weighted by Gasteiger charge is -2.35. The van der Waals surface area contributed by atoms with Gasteiger partial charge in [0.1, 0.15) is 11.6 Å². The van der Waals surface area contributed by atoms with Gasteiger partial charge in [-0.05, 0) is 30.4 Å². The molecule has 0 fully saturated rings. The summed E-state index contributed by atoms with van der Waals surface area (Å²) in [5, 5.41) is 4.86. The number of rotatable bonds is 3. The van der Waals surface area contributed by atoms with Crippen molar-refractivity contribution >= 4 is 29.2 Å². The normalized spacial score (nSPS) is 15.9. The van der Waals surface area contributed by atoms with E-state index in [2.05, 4.69) is 33.2 Å². The van der Waals surface area contributed by atoms with E-state index in [1.807, 2.05) is 48.7 Å². The van der Waals surface area contributed by atoms with Gasteiger partial charge in [0, 0.05) is 11.8 Å². The lowest BCUT2D eigenvalue weighted by molar-refractivity contribution is 0.414. The molecular formula is C19H16ClN3O. The van der Waals surface area contributed by atoms with Crippen molar-refractivity contribution in [1.82, 2.24) is 5.01 Å². The minimum absolute atomic E-state index is 0.592. The molecule has 0 saturated carbocycles. The van der Waals surface area contributed by atoms with Crippen LogP contribution in [-0.2, 0) is 0 Å². The number of ether oxygens (including phenoxy) is 1. The average molecular weight is 338 g/mol. The number of methoxy groups -OCH3 is 1. The van der Waals surface area contributed by atoms with E-state index in [0.29, 0.717) is 10.8 Å². The van der Waals surface area contributed by atoms with E-state index < -0.39 is 0 Å². The number of anilines is 1. The van der Waals surface area contributed by atoms with Crippen LogP contribution in [0.3, 0.4) is 0 Å². The summed E-state index contributed by atoms with van der Waals surface area (Å²) < 4.78 is 5.25.